The summed E-state index contributed by atoms with van der Waals surface area (Å²) in [4.78, 5) is 0. The maximum absolute atomic E-state index is 9.75. The molecule has 2 rings (SSSR count). The van der Waals surface area contributed by atoms with Crippen molar-refractivity contribution >= 4 is 41.4 Å². The third-order valence-electron chi connectivity index (χ3n) is 2.27. The summed E-state index contributed by atoms with van der Waals surface area (Å²) in [5.74, 6) is 0. The lowest BCUT2D eigenvalue weighted by Crippen LogP contribution is -2.32. The van der Waals surface area contributed by atoms with Crippen molar-refractivity contribution in [3.63, 3.8) is 0 Å². The second-order valence-corrected chi connectivity index (χ2v) is 4.45. The third kappa shape index (κ3) is 5.24. The van der Waals surface area contributed by atoms with Gasteiger partial charge in [0, 0.05) is 17.2 Å². The Labute approximate surface area is 117 Å². The minimum atomic E-state index is -6.00. The highest BCUT2D eigenvalue weighted by Gasteiger charge is 2.20. The lowest BCUT2D eigenvalue weighted by atomic mass is 10.2. The topological polar surface area (TPSA) is 3.88 Å². The molecule has 0 saturated carbocycles. The summed E-state index contributed by atoms with van der Waals surface area (Å²) < 4.78 is 41.1. The van der Waals surface area contributed by atoms with Crippen LogP contribution in [0.4, 0.5) is 17.3 Å². The van der Waals surface area contributed by atoms with E-state index in [2.05, 4.69) is 11.5 Å². The predicted octanol–water partition coefficient (Wildman–Crippen LogP) is 4.75. The minimum absolute atomic E-state index is 0.738. The molecular weight excluding hydrogens is 304 g/mol. The molecule has 8 heteroatoms. The van der Waals surface area contributed by atoms with Crippen molar-refractivity contribution in [2.75, 3.05) is 0 Å². The smallest absolute Gasteiger partial charge is 0.418 e. The predicted molar refractivity (Wildman–Crippen MR) is 70.0 cm³/mol. The van der Waals surface area contributed by atoms with E-state index in [4.69, 9.17) is 23.2 Å². The van der Waals surface area contributed by atoms with E-state index < -0.39 is 7.25 Å². The Morgan fingerprint density at radius 1 is 1.11 bits per heavy atom. The van der Waals surface area contributed by atoms with Crippen molar-refractivity contribution < 1.29 is 21.8 Å². The summed E-state index contributed by atoms with van der Waals surface area (Å²) >= 11 is 12.0. The number of aryl methyl sites for hydroxylation is 1. The number of rotatable bonds is 1. The maximum Gasteiger partial charge on any atom is 0.673 e. The molecule has 0 aliphatic heterocycles. The van der Waals surface area contributed by atoms with E-state index in [0.29, 0.717) is 0 Å². The molecule has 1 heterocycles. The Kier molecular flexibility index (Phi) is 5.44. The van der Waals surface area contributed by atoms with Crippen molar-refractivity contribution in [3.05, 3.63) is 40.5 Å². The normalized spacial score (nSPS) is 11.1. The van der Waals surface area contributed by atoms with Crippen LogP contribution in [-0.2, 0) is 6.54 Å². The molecule has 1 aromatic carbocycles. The first-order valence-corrected chi connectivity index (χ1v) is 6.12. The maximum atomic E-state index is 9.75. The third-order valence-corrected chi connectivity index (χ3v) is 2.83. The lowest BCUT2D eigenvalue weighted by molar-refractivity contribution is -0.667. The van der Waals surface area contributed by atoms with Crippen LogP contribution in [0.2, 0.25) is 10.0 Å². The number of aromatic nitrogens is 1. The largest absolute Gasteiger partial charge is 0.673 e. The van der Waals surface area contributed by atoms with E-state index in [-0.39, 0.29) is 0 Å². The Hall–Kier alpha value is -1.01. The molecule has 0 aliphatic carbocycles. The molecule has 0 N–H and O–H groups in total. The molecule has 0 spiro atoms. The van der Waals surface area contributed by atoms with E-state index in [1.54, 1.807) is 0 Å². The molecule has 19 heavy (non-hydrogen) atoms. The number of halogens is 6. The van der Waals surface area contributed by atoms with Crippen molar-refractivity contribution in [2.24, 2.45) is 0 Å². The Morgan fingerprint density at radius 2 is 1.68 bits per heavy atom. The van der Waals surface area contributed by atoms with Gasteiger partial charge in [0.25, 0.3) is 0 Å². The molecular formula is C11H10BCl2F4N. The van der Waals surface area contributed by atoms with Gasteiger partial charge in [0.2, 0.25) is 5.52 Å². The van der Waals surface area contributed by atoms with E-state index in [1.807, 2.05) is 30.5 Å². The van der Waals surface area contributed by atoms with Crippen molar-refractivity contribution in [3.8, 4) is 0 Å². The van der Waals surface area contributed by atoms with E-state index >= 15 is 0 Å². The molecule has 0 fully saturated rings. The van der Waals surface area contributed by atoms with Crippen molar-refractivity contribution in [2.45, 2.75) is 13.5 Å². The highest BCUT2D eigenvalue weighted by Crippen LogP contribution is 2.23. The first-order chi connectivity index (χ1) is 8.72. The van der Waals surface area contributed by atoms with Crippen LogP contribution in [0, 0.1) is 0 Å². The number of fused-ring (bicyclic) bond motifs is 1. The van der Waals surface area contributed by atoms with E-state index in [1.165, 1.54) is 0 Å². The first kappa shape index (κ1) is 16.1. The Bertz CT molecular complexity index is 568. The van der Waals surface area contributed by atoms with Crippen LogP contribution in [0.25, 0.3) is 10.9 Å². The molecule has 0 amide bonds. The number of nitrogens with zero attached hydrogens (tertiary/aromatic N) is 1. The molecule has 0 saturated heterocycles. The highest BCUT2D eigenvalue weighted by molar-refractivity contribution is 6.50. The second kappa shape index (κ2) is 6.43. The zero-order valence-corrected chi connectivity index (χ0v) is 11.4. The average Bonchev–Trinajstić information content (AvgIpc) is 2.27. The standard InChI is InChI=1S/C11H10Cl2N.BF4/c1-2-14-6-5-10(13)9-4-3-8(12)7-11(9)14;2-1(3,4)5/h3-7H,2H2,1H3;/q+1;-1. The number of hydrogen-bond acceptors (Lipinski definition) is 0. The van der Waals surface area contributed by atoms with Crippen LogP contribution in [0.3, 0.4) is 0 Å². The molecule has 0 radical (unpaired) electrons. The van der Waals surface area contributed by atoms with Crippen LogP contribution in [0.15, 0.2) is 30.5 Å². The summed E-state index contributed by atoms with van der Waals surface area (Å²) in [5, 5.41) is 2.55. The lowest BCUT2D eigenvalue weighted by Gasteiger charge is -2.00. The minimum Gasteiger partial charge on any atom is -0.418 e. The molecule has 0 atom stereocenters. The van der Waals surface area contributed by atoms with Gasteiger partial charge in [0.1, 0.15) is 6.54 Å². The van der Waals surface area contributed by atoms with Gasteiger partial charge in [-0.2, -0.15) is 4.57 Å². The fraction of sp³-hybridized carbons (Fsp3) is 0.182. The fourth-order valence-corrected chi connectivity index (χ4v) is 1.93. The van der Waals surface area contributed by atoms with E-state index in [0.717, 1.165) is 27.5 Å². The van der Waals surface area contributed by atoms with Gasteiger partial charge in [-0.15, -0.1) is 0 Å². The molecule has 104 valence electrons. The first-order valence-electron chi connectivity index (χ1n) is 5.37. The zero-order chi connectivity index (χ0) is 14.6. The highest BCUT2D eigenvalue weighted by atomic mass is 35.5. The zero-order valence-electron chi connectivity index (χ0n) is 9.89. The Morgan fingerprint density at radius 3 is 2.21 bits per heavy atom. The van der Waals surface area contributed by atoms with Crippen LogP contribution in [0.1, 0.15) is 6.92 Å². The van der Waals surface area contributed by atoms with Gasteiger partial charge < -0.3 is 17.3 Å². The Balaban J connectivity index is 0.000000312. The van der Waals surface area contributed by atoms with Gasteiger partial charge in [-0.3, -0.25) is 0 Å². The van der Waals surface area contributed by atoms with E-state index in [9.17, 15) is 17.3 Å². The molecule has 0 aliphatic rings. The van der Waals surface area contributed by atoms with Crippen LogP contribution >= 0.6 is 23.2 Å². The second-order valence-electron chi connectivity index (χ2n) is 3.61. The SMILES string of the molecule is CC[n+]1ccc(Cl)c2ccc(Cl)cc21.F[B-](F)(F)F. The van der Waals surface area contributed by atoms with Gasteiger partial charge in [-0.1, -0.05) is 23.2 Å². The van der Waals surface area contributed by atoms with Crippen LogP contribution in [-0.4, -0.2) is 7.25 Å². The number of benzene rings is 1. The monoisotopic (exact) mass is 313 g/mol. The van der Waals surface area contributed by atoms with Crippen LogP contribution < -0.4 is 4.57 Å². The number of hydrogen-bond donors (Lipinski definition) is 0. The quantitative estimate of drug-likeness (QED) is 0.406. The summed E-state index contributed by atoms with van der Waals surface area (Å²) in [6.07, 6.45) is 1.97. The van der Waals surface area contributed by atoms with Gasteiger partial charge >= 0.3 is 7.25 Å². The molecule has 2 aromatic rings. The fourth-order valence-electron chi connectivity index (χ4n) is 1.55. The number of pyridine rings is 1. The van der Waals surface area contributed by atoms with Gasteiger partial charge in [-0.05, 0) is 19.1 Å². The summed E-state index contributed by atoms with van der Waals surface area (Å²) in [7, 11) is -6.00. The molecule has 0 unspecified atom stereocenters. The van der Waals surface area contributed by atoms with Crippen molar-refractivity contribution in [1.29, 1.82) is 0 Å². The van der Waals surface area contributed by atoms with Gasteiger partial charge in [0.05, 0.1) is 10.4 Å². The van der Waals surface area contributed by atoms with Crippen molar-refractivity contribution in [1.82, 2.24) is 0 Å². The summed E-state index contributed by atoms with van der Waals surface area (Å²) in [6, 6.07) is 7.65. The molecule has 0 bridgehead atoms. The van der Waals surface area contributed by atoms with Gasteiger partial charge in [-0.25, -0.2) is 0 Å². The average molecular weight is 314 g/mol. The molecule has 1 aromatic heterocycles. The van der Waals surface area contributed by atoms with Crippen LogP contribution in [0.5, 0.6) is 0 Å². The summed E-state index contributed by atoms with van der Waals surface area (Å²) in [6.45, 7) is 3.00. The molecule has 1 nitrogen and oxygen atoms in total. The summed E-state index contributed by atoms with van der Waals surface area (Å²) in [5.41, 5.74) is 1.08. The van der Waals surface area contributed by atoms with Gasteiger partial charge in [0.15, 0.2) is 6.20 Å².